The minimum atomic E-state index is -0.977. The van der Waals surface area contributed by atoms with Gasteiger partial charge in [0, 0.05) is 11.5 Å². The molecule has 1 aliphatic heterocycles. The normalized spacial score (nSPS) is 18.8. The number of benzene rings is 2. The van der Waals surface area contributed by atoms with E-state index in [-0.39, 0.29) is 12.5 Å². The third-order valence-electron chi connectivity index (χ3n) is 5.95. The first-order valence-corrected chi connectivity index (χ1v) is 9.99. The van der Waals surface area contributed by atoms with Gasteiger partial charge >= 0.3 is 11.7 Å². The van der Waals surface area contributed by atoms with Crippen LogP contribution in [0.25, 0.3) is 11.0 Å². The molecule has 3 amide bonds. The molecule has 6 heteroatoms. The van der Waals surface area contributed by atoms with Crippen molar-refractivity contribution in [3.63, 3.8) is 0 Å². The summed E-state index contributed by atoms with van der Waals surface area (Å²) in [4.78, 5) is 39.1. The predicted octanol–water partition coefficient (Wildman–Crippen LogP) is 3.85. The second-order valence-electron chi connectivity index (χ2n) is 8.11. The lowest BCUT2D eigenvalue weighted by Gasteiger charge is -2.22. The maximum Gasteiger partial charge on any atom is 0.336 e. The Morgan fingerprint density at radius 2 is 1.77 bits per heavy atom. The van der Waals surface area contributed by atoms with Crippen LogP contribution in [0, 0.1) is 13.8 Å². The van der Waals surface area contributed by atoms with Gasteiger partial charge in [0.05, 0.1) is 6.54 Å². The molecule has 4 rings (SSSR count). The minimum Gasteiger partial charge on any atom is -0.422 e. The van der Waals surface area contributed by atoms with E-state index in [9.17, 15) is 14.4 Å². The van der Waals surface area contributed by atoms with Crippen LogP contribution >= 0.6 is 0 Å². The van der Waals surface area contributed by atoms with Crippen molar-refractivity contribution in [3.05, 3.63) is 81.2 Å². The van der Waals surface area contributed by atoms with Crippen molar-refractivity contribution in [1.82, 2.24) is 10.2 Å². The molecule has 0 spiro atoms. The summed E-state index contributed by atoms with van der Waals surface area (Å²) >= 11 is 0. The maximum atomic E-state index is 13.1. The van der Waals surface area contributed by atoms with Gasteiger partial charge in [-0.05, 0) is 55.9 Å². The Hall–Kier alpha value is -3.41. The number of imide groups is 1. The van der Waals surface area contributed by atoms with Crippen molar-refractivity contribution in [2.75, 3.05) is 0 Å². The van der Waals surface area contributed by atoms with E-state index in [1.807, 2.05) is 56.3 Å². The number of urea groups is 1. The average Bonchev–Trinajstić information content (AvgIpc) is 2.94. The number of hydrogen-bond donors (Lipinski definition) is 1. The third kappa shape index (κ3) is 3.49. The Balaban J connectivity index is 1.61. The first-order valence-electron chi connectivity index (χ1n) is 9.99. The number of carbonyl (C=O) groups is 2. The van der Waals surface area contributed by atoms with Gasteiger partial charge in [-0.2, -0.15) is 0 Å². The highest BCUT2D eigenvalue weighted by Gasteiger charge is 2.47. The smallest absolute Gasteiger partial charge is 0.336 e. The van der Waals surface area contributed by atoms with Crippen LogP contribution in [0.15, 0.2) is 57.7 Å². The van der Waals surface area contributed by atoms with E-state index in [0.717, 1.165) is 22.1 Å². The molecule has 0 radical (unpaired) electrons. The second kappa shape index (κ2) is 7.44. The summed E-state index contributed by atoms with van der Waals surface area (Å²) in [6, 6.07) is 14.6. The molecule has 1 N–H and O–H groups in total. The van der Waals surface area contributed by atoms with Crippen LogP contribution in [-0.2, 0) is 17.8 Å². The van der Waals surface area contributed by atoms with Gasteiger partial charge in [-0.25, -0.2) is 9.59 Å². The largest absolute Gasteiger partial charge is 0.422 e. The highest BCUT2D eigenvalue weighted by molar-refractivity contribution is 6.07. The quantitative estimate of drug-likeness (QED) is 0.517. The Morgan fingerprint density at radius 3 is 2.50 bits per heavy atom. The van der Waals surface area contributed by atoms with Gasteiger partial charge < -0.3 is 9.73 Å². The summed E-state index contributed by atoms with van der Waals surface area (Å²) in [6.45, 7) is 5.60. The Labute approximate surface area is 174 Å². The van der Waals surface area contributed by atoms with Crippen molar-refractivity contribution >= 4 is 22.9 Å². The molecule has 30 heavy (non-hydrogen) atoms. The third-order valence-corrected chi connectivity index (χ3v) is 5.95. The van der Waals surface area contributed by atoms with Gasteiger partial charge in [0.25, 0.3) is 5.91 Å². The van der Waals surface area contributed by atoms with Crippen molar-refractivity contribution in [1.29, 1.82) is 0 Å². The molecule has 1 aromatic heterocycles. The molecule has 1 fully saturated rings. The summed E-state index contributed by atoms with van der Waals surface area (Å²) in [5, 5.41) is 3.57. The summed E-state index contributed by atoms with van der Waals surface area (Å²) in [5.41, 5.74) is 2.61. The zero-order valence-electron chi connectivity index (χ0n) is 17.3. The predicted molar refractivity (Wildman–Crippen MR) is 114 cm³/mol. The monoisotopic (exact) mass is 404 g/mol. The minimum absolute atomic E-state index is 0.0240. The van der Waals surface area contributed by atoms with E-state index >= 15 is 0 Å². The highest BCUT2D eigenvalue weighted by Crippen LogP contribution is 2.28. The summed E-state index contributed by atoms with van der Waals surface area (Å²) < 4.78 is 5.40. The van der Waals surface area contributed by atoms with Crippen LogP contribution in [-0.4, -0.2) is 22.4 Å². The Bertz CT molecular complexity index is 1200. The van der Waals surface area contributed by atoms with Gasteiger partial charge in [0.2, 0.25) is 0 Å². The molecule has 1 saturated heterocycles. The van der Waals surface area contributed by atoms with Crippen molar-refractivity contribution in [2.45, 2.75) is 45.7 Å². The molecule has 0 unspecified atom stereocenters. The van der Waals surface area contributed by atoms with E-state index in [1.54, 1.807) is 6.92 Å². The van der Waals surface area contributed by atoms with Crippen molar-refractivity contribution in [2.24, 2.45) is 0 Å². The van der Waals surface area contributed by atoms with Crippen LogP contribution in [0.5, 0.6) is 0 Å². The average molecular weight is 404 g/mol. The van der Waals surface area contributed by atoms with Crippen molar-refractivity contribution in [3.8, 4) is 0 Å². The molecule has 0 bridgehead atoms. The first kappa shape index (κ1) is 19.9. The second-order valence-corrected chi connectivity index (χ2v) is 8.11. The lowest BCUT2D eigenvalue weighted by molar-refractivity contribution is -0.131. The number of rotatable bonds is 5. The van der Waals surface area contributed by atoms with Crippen molar-refractivity contribution < 1.29 is 14.0 Å². The zero-order chi connectivity index (χ0) is 21.5. The van der Waals surface area contributed by atoms with E-state index in [4.69, 9.17) is 4.42 Å². The Morgan fingerprint density at radius 1 is 1.03 bits per heavy atom. The zero-order valence-corrected chi connectivity index (χ0v) is 17.3. The fourth-order valence-electron chi connectivity index (χ4n) is 3.92. The number of fused-ring (bicyclic) bond motifs is 1. The first-order chi connectivity index (χ1) is 14.3. The topological polar surface area (TPSA) is 79.6 Å². The number of nitrogens with zero attached hydrogens (tertiary/aromatic N) is 1. The van der Waals surface area contributed by atoms with E-state index < -0.39 is 17.2 Å². The molecule has 0 aliphatic carbocycles. The van der Waals surface area contributed by atoms with Gasteiger partial charge in [0.15, 0.2) is 0 Å². The number of nitrogens with one attached hydrogen (secondary N) is 1. The van der Waals surface area contributed by atoms with Gasteiger partial charge in [-0.1, -0.05) is 42.5 Å². The van der Waals surface area contributed by atoms with Crippen LogP contribution in [0.1, 0.15) is 35.6 Å². The van der Waals surface area contributed by atoms with Gasteiger partial charge in [-0.15, -0.1) is 0 Å². The standard InChI is InChI=1S/C24H24N2O4/c1-15-9-10-19-18(13-20(27)30-21(19)16(15)2)14-26-22(28)24(3,25-23(26)29)12-11-17-7-5-4-6-8-17/h4-10,13H,11-12,14H2,1-3H3,(H,25,29)/t24-/m1/s1. The molecule has 3 aromatic rings. The molecule has 0 saturated carbocycles. The van der Waals surface area contributed by atoms with Gasteiger partial charge in [0.1, 0.15) is 11.1 Å². The number of amides is 3. The molecule has 1 aliphatic rings. The molecular formula is C24H24N2O4. The van der Waals surface area contributed by atoms with E-state index in [2.05, 4.69) is 5.32 Å². The molecular weight excluding hydrogens is 380 g/mol. The van der Waals surface area contributed by atoms with Crippen LogP contribution in [0.4, 0.5) is 4.79 Å². The van der Waals surface area contributed by atoms with E-state index in [1.165, 1.54) is 11.0 Å². The number of carbonyl (C=O) groups excluding carboxylic acids is 2. The summed E-state index contributed by atoms with van der Waals surface area (Å²) in [6.07, 6.45) is 1.17. The number of hydrogen-bond acceptors (Lipinski definition) is 4. The summed E-state index contributed by atoms with van der Waals surface area (Å²) in [7, 11) is 0. The lowest BCUT2D eigenvalue weighted by Crippen LogP contribution is -2.44. The fourth-order valence-corrected chi connectivity index (χ4v) is 3.92. The molecule has 2 aromatic carbocycles. The fraction of sp³-hybridized carbons (Fsp3) is 0.292. The SMILES string of the molecule is Cc1ccc2c(CN3C(=O)N[C@](C)(CCc4ccccc4)C3=O)cc(=O)oc2c1C. The molecule has 1 atom stereocenters. The highest BCUT2D eigenvalue weighted by atomic mass is 16.4. The van der Waals surface area contributed by atoms with Crippen LogP contribution < -0.4 is 10.9 Å². The van der Waals surface area contributed by atoms with Crippen LogP contribution in [0.3, 0.4) is 0 Å². The Kier molecular flexibility index (Phi) is 4.94. The van der Waals surface area contributed by atoms with Gasteiger partial charge in [-0.3, -0.25) is 9.69 Å². The molecule has 6 nitrogen and oxygen atoms in total. The maximum absolute atomic E-state index is 13.1. The van der Waals surface area contributed by atoms with Crippen LogP contribution in [0.2, 0.25) is 0 Å². The summed E-state index contributed by atoms with van der Waals surface area (Å²) in [5.74, 6) is -0.284. The molecule has 154 valence electrons. The lowest BCUT2D eigenvalue weighted by atomic mass is 9.93. The number of aryl methyl sites for hydroxylation is 3. The molecule has 2 heterocycles. The van der Waals surface area contributed by atoms with E-state index in [0.29, 0.717) is 24.0 Å².